The Bertz CT molecular complexity index is 186. The van der Waals surface area contributed by atoms with E-state index in [0.29, 0.717) is 13.0 Å². The molecule has 0 saturated carbocycles. The van der Waals surface area contributed by atoms with Gasteiger partial charge in [-0.15, -0.1) is 0 Å². The van der Waals surface area contributed by atoms with Gasteiger partial charge in [-0.3, -0.25) is 4.79 Å². The van der Waals surface area contributed by atoms with Crippen LogP contribution in [-0.2, 0) is 9.53 Å². The van der Waals surface area contributed by atoms with Crippen LogP contribution in [-0.4, -0.2) is 35.9 Å². The van der Waals surface area contributed by atoms with Crippen molar-refractivity contribution in [2.24, 2.45) is 11.5 Å². The Kier molecular flexibility index (Phi) is 3.65. The quantitative estimate of drug-likeness (QED) is 0.543. The number of carboxylic acids is 1. The Morgan fingerprint density at radius 1 is 1.62 bits per heavy atom. The number of carbonyl (C=O) groups is 1. The molecule has 0 bridgehead atoms. The molecule has 5 heteroatoms. The van der Waals surface area contributed by atoms with Gasteiger partial charge in [-0.05, 0) is 19.3 Å². The third-order valence-corrected chi connectivity index (χ3v) is 2.33. The Balaban J connectivity index is 2.46. The second-order valence-electron chi connectivity index (χ2n) is 3.33. The first kappa shape index (κ1) is 10.4. The van der Waals surface area contributed by atoms with E-state index in [-0.39, 0.29) is 12.2 Å². The molecule has 76 valence electrons. The van der Waals surface area contributed by atoms with E-state index in [1.54, 1.807) is 0 Å². The number of rotatable bonds is 3. The lowest BCUT2D eigenvalue weighted by molar-refractivity contribution is -0.145. The van der Waals surface area contributed by atoms with Gasteiger partial charge in [0.05, 0.1) is 12.2 Å². The second-order valence-corrected chi connectivity index (χ2v) is 3.33. The van der Waals surface area contributed by atoms with Crippen LogP contribution in [0.15, 0.2) is 0 Å². The van der Waals surface area contributed by atoms with Crippen LogP contribution in [0.25, 0.3) is 0 Å². The molecule has 0 aromatic heterocycles. The Morgan fingerprint density at radius 2 is 2.31 bits per heavy atom. The highest BCUT2D eigenvalue weighted by molar-refractivity contribution is 5.73. The third kappa shape index (κ3) is 2.65. The van der Waals surface area contributed by atoms with Gasteiger partial charge >= 0.3 is 5.97 Å². The van der Waals surface area contributed by atoms with Crippen LogP contribution in [0.2, 0.25) is 0 Å². The Morgan fingerprint density at radius 3 is 2.85 bits per heavy atom. The number of nitrogens with two attached hydrogens (primary N) is 2. The molecule has 3 atom stereocenters. The molecule has 1 heterocycles. The summed E-state index contributed by atoms with van der Waals surface area (Å²) in [5.41, 5.74) is 10.9. The molecule has 1 aliphatic heterocycles. The average molecular weight is 188 g/mol. The highest BCUT2D eigenvalue weighted by Crippen LogP contribution is 2.20. The van der Waals surface area contributed by atoms with Gasteiger partial charge in [-0.2, -0.15) is 0 Å². The van der Waals surface area contributed by atoms with Gasteiger partial charge in [-0.1, -0.05) is 0 Å². The molecule has 0 amide bonds. The summed E-state index contributed by atoms with van der Waals surface area (Å²) in [6.07, 6.45) is 2.15. The monoisotopic (exact) mass is 188 g/mol. The minimum atomic E-state index is -1.01. The minimum Gasteiger partial charge on any atom is -0.480 e. The van der Waals surface area contributed by atoms with E-state index < -0.39 is 12.0 Å². The van der Waals surface area contributed by atoms with E-state index >= 15 is 0 Å². The number of carboxylic acid groups (broad SMARTS) is 1. The van der Waals surface area contributed by atoms with Gasteiger partial charge in [0.25, 0.3) is 0 Å². The van der Waals surface area contributed by atoms with Crippen molar-refractivity contribution in [2.75, 3.05) is 6.54 Å². The fourth-order valence-corrected chi connectivity index (χ4v) is 1.53. The molecule has 5 N–H and O–H groups in total. The molecule has 0 aromatic carbocycles. The summed E-state index contributed by atoms with van der Waals surface area (Å²) in [5, 5.41) is 8.66. The van der Waals surface area contributed by atoms with Crippen LogP contribution >= 0.6 is 0 Å². The fourth-order valence-electron chi connectivity index (χ4n) is 1.53. The molecule has 0 spiro atoms. The summed E-state index contributed by atoms with van der Waals surface area (Å²) in [7, 11) is 0. The average Bonchev–Trinajstić information content (AvgIpc) is 2.16. The van der Waals surface area contributed by atoms with Crippen molar-refractivity contribution in [1.29, 1.82) is 0 Å². The molecule has 1 saturated heterocycles. The predicted molar refractivity (Wildman–Crippen MR) is 47.2 cm³/mol. The molecule has 13 heavy (non-hydrogen) atoms. The lowest BCUT2D eigenvalue weighted by Crippen LogP contribution is -2.47. The minimum absolute atomic E-state index is 0.0239. The summed E-state index contributed by atoms with van der Waals surface area (Å²) in [6, 6.07) is -0.922. The Hall–Kier alpha value is -0.650. The smallest absolute Gasteiger partial charge is 0.323 e. The lowest BCUT2D eigenvalue weighted by atomic mass is 9.99. The van der Waals surface area contributed by atoms with Crippen LogP contribution < -0.4 is 11.5 Å². The molecule has 0 aromatic rings. The molecule has 1 rings (SSSR count). The summed E-state index contributed by atoms with van der Waals surface area (Å²) in [4.78, 5) is 10.6. The van der Waals surface area contributed by atoms with E-state index in [1.165, 1.54) is 0 Å². The van der Waals surface area contributed by atoms with E-state index in [4.69, 9.17) is 21.3 Å². The maximum absolute atomic E-state index is 10.6. The van der Waals surface area contributed by atoms with Gasteiger partial charge < -0.3 is 21.3 Å². The largest absolute Gasteiger partial charge is 0.480 e. The first-order valence-corrected chi connectivity index (χ1v) is 4.49. The van der Waals surface area contributed by atoms with Crippen molar-refractivity contribution < 1.29 is 14.6 Å². The molecule has 3 unspecified atom stereocenters. The van der Waals surface area contributed by atoms with Crippen LogP contribution in [0, 0.1) is 0 Å². The van der Waals surface area contributed by atoms with Crippen LogP contribution in [0.4, 0.5) is 0 Å². The molecule has 5 nitrogen and oxygen atoms in total. The molecular weight excluding hydrogens is 172 g/mol. The van der Waals surface area contributed by atoms with Crippen molar-refractivity contribution in [1.82, 2.24) is 0 Å². The van der Waals surface area contributed by atoms with Gasteiger partial charge in [0.1, 0.15) is 6.04 Å². The maximum Gasteiger partial charge on any atom is 0.323 e. The van der Waals surface area contributed by atoms with Crippen molar-refractivity contribution >= 4 is 5.97 Å². The second kappa shape index (κ2) is 4.55. The van der Waals surface area contributed by atoms with Gasteiger partial charge in [0.15, 0.2) is 0 Å². The van der Waals surface area contributed by atoms with E-state index in [2.05, 4.69) is 0 Å². The van der Waals surface area contributed by atoms with E-state index in [0.717, 1.165) is 12.8 Å². The molecule has 1 fully saturated rings. The third-order valence-electron chi connectivity index (χ3n) is 2.33. The topological polar surface area (TPSA) is 98.6 Å². The fraction of sp³-hybridized carbons (Fsp3) is 0.875. The SMILES string of the molecule is NCC1CCCC(C(N)C(=O)O)O1. The van der Waals surface area contributed by atoms with Crippen molar-refractivity contribution in [3.05, 3.63) is 0 Å². The van der Waals surface area contributed by atoms with Gasteiger partial charge in [0.2, 0.25) is 0 Å². The highest BCUT2D eigenvalue weighted by Gasteiger charge is 2.30. The predicted octanol–water partition coefficient (Wildman–Crippen LogP) is -0.705. The molecule has 0 aliphatic carbocycles. The first-order chi connectivity index (χ1) is 6.15. The normalized spacial score (nSPS) is 31.2. The van der Waals surface area contributed by atoms with E-state index in [1.807, 2.05) is 0 Å². The lowest BCUT2D eigenvalue weighted by Gasteiger charge is -2.31. The van der Waals surface area contributed by atoms with E-state index in [9.17, 15) is 4.79 Å². The Labute approximate surface area is 77.0 Å². The summed E-state index contributed by atoms with van der Waals surface area (Å²) >= 11 is 0. The molecular formula is C8H16N2O3. The van der Waals surface area contributed by atoms with Gasteiger partial charge in [0, 0.05) is 6.54 Å². The van der Waals surface area contributed by atoms with Gasteiger partial charge in [-0.25, -0.2) is 0 Å². The maximum atomic E-state index is 10.6. The first-order valence-electron chi connectivity index (χ1n) is 4.49. The van der Waals surface area contributed by atoms with Crippen molar-refractivity contribution in [2.45, 2.75) is 37.5 Å². The van der Waals surface area contributed by atoms with Crippen molar-refractivity contribution in [3.8, 4) is 0 Å². The summed E-state index contributed by atoms with van der Waals surface area (Å²) in [5.74, 6) is -1.01. The number of ether oxygens (including phenoxy) is 1. The number of aliphatic carboxylic acids is 1. The summed E-state index contributed by atoms with van der Waals surface area (Å²) in [6.45, 7) is 0.433. The number of hydrogen-bond acceptors (Lipinski definition) is 4. The summed E-state index contributed by atoms with van der Waals surface area (Å²) < 4.78 is 5.43. The highest BCUT2D eigenvalue weighted by atomic mass is 16.5. The van der Waals surface area contributed by atoms with Crippen LogP contribution in [0.3, 0.4) is 0 Å². The van der Waals surface area contributed by atoms with Crippen LogP contribution in [0.5, 0.6) is 0 Å². The zero-order valence-electron chi connectivity index (χ0n) is 7.48. The van der Waals surface area contributed by atoms with Crippen molar-refractivity contribution in [3.63, 3.8) is 0 Å². The standard InChI is InChI=1S/C8H16N2O3/c9-4-5-2-1-3-6(13-5)7(10)8(11)12/h5-7H,1-4,9-10H2,(H,11,12). The van der Waals surface area contributed by atoms with Crippen LogP contribution in [0.1, 0.15) is 19.3 Å². The molecule has 1 aliphatic rings. The zero-order chi connectivity index (χ0) is 9.84. The molecule has 0 radical (unpaired) electrons. The number of hydrogen-bond donors (Lipinski definition) is 3. The zero-order valence-corrected chi connectivity index (χ0v) is 7.48.